The number of nitrogens with two attached hydrogens (primary N) is 1. The van der Waals surface area contributed by atoms with Crippen molar-refractivity contribution in [3.05, 3.63) is 12.0 Å². The Morgan fingerprint density at radius 3 is 3.13 bits per heavy atom. The van der Waals surface area contributed by atoms with E-state index in [0.717, 1.165) is 11.9 Å². The smallest absolute Gasteiger partial charge is 0.318 e. The van der Waals surface area contributed by atoms with Gasteiger partial charge in [-0.25, -0.2) is 9.37 Å². The third-order valence-corrected chi connectivity index (χ3v) is 1.95. The second kappa shape index (κ2) is 6.12. The van der Waals surface area contributed by atoms with Crippen molar-refractivity contribution < 1.29 is 9.13 Å². The molecule has 2 N–H and O–H groups in total. The Hall–Kier alpha value is -1.44. The molecule has 0 aliphatic rings. The number of aromatic nitrogens is 2. The zero-order valence-electron chi connectivity index (χ0n) is 8.05. The van der Waals surface area contributed by atoms with Gasteiger partial charge in [0, 0.05) is 5.75 Å². The van der Waals surface area contributed by atoms with Crippen LogP contribution in [0, 0.1) is 5.82 Å². The molecule has 0 saturated heterocycles. The number of rotatable bonds is 5. The van der Waals surface area contributed by atoms with E-state index in [1.54, 1.807) is 11.8 Å². The monoisotopic (exact) mass is 231 g/mol. The maximum atomic E-state index is 13.0. The molecule has 1 aromatic heterocycles. The van der Waals surface area contributed by atoms with Crippen molar-refractivity contribution in [2.24, 2.45) is 16.2 Å². The molecule has 1 rings (SSSR count). The average molecular weight is 231 g/mol. The molecule has 15 heavy (non-hydrogen) atoms. The van der Waals surface area contributed by atoms with E-state index in [0.29, 0.717) is 6.61 Å². The molecule has 0 fully saturated rings. The van der Waals surface area contributed by atoms with Gasteiger partial charge in [0.2, 0.25) is 5.82 Å². The predicted molar refractivity (Wildman–Crippen MR) is 54.6 cm³/mol. The molecule has 0 unspecified atom stereocenters. The van der Waals surface area contributed by atoms with Crippen LogP contribution in [-0.2, 0) is 0 Å². The van der Waals surface area contributed by atoms with Crippen LogP contribution in [0.1, 0.15) is 0 Å². The molecule has 1 aromatic rings. The van der Waals surface area contributed by atoms with Crippen LogP contribution >= 0.6 is 11.8 Å². The lowest BCUT2D eigenvalue weighted by molar-refractivity contribution is 0.314. The van der Waals surface area contributed by atoms with E-state index in [4.69, 9.17) is 10.6 Å². The fourth-order valence-electron chi connectivity index (χ4n) is 0.753. The Morgan fingerprint density at radius 2 is 2.47 bits per heavy atom. The van der Waals surface area contributed by atoms with Gasteiger partial charge >= 0.3 is 6.01 Å². The molecular formula is C7H10FN5OS. The first-order chi connectivity index (χ1) is 7.27. The quantitative estimate of drug-likeness (QED) is 0.357. The van der Waals surface area contributed by atoms with Crippen LogP contribution in [0.4, 0.5) is 10.2 Å². The van der Waals surface area contributed by atoms with Gasteiger partial charge in [0.25, 0.3) is 0 Å². The first kappa shape index (κ1) is 11.6. The SMILES string of the molecule is CSCCOc1ncc(F)c(N=NN)n1. The van der Waals surface area contributed by atoms with Crippen LogP contribution in [0.3, 0.4) is 0 Å². The highest BCUT2D eigenvalue weighted by Gasteiger charge is 2.06. The van der Waals surface area contributed by atoms with Gasteiger partial charge in [-0.1, -0.05) is 5.22 Å². The zero-order chi connectivity index (χ0) is 11.1. The summed E-state index contributed by atoms with van der Waals surface area (Å²) in [6.45, 7) is 0.450. The molecule has 82 valence electrons. The van der Waals surface area contributed by atoms with Gasteiger partial charge in [-0.2, -0.15) is 16.7 Å². The van der Waals surface area contributed by atoms with Crippen LogP contribution in [0.2, 0.25) is 0 Å². The molecule has 0 saturated carbocycles. The number of halogens is 1. The molecule has 0 radical (unpaired) electrons. The van der Waals surface area contributed by atoms with Crippen LogP contribution in [-0.4, -0.2) is 28.6 Å². The molecule has 0 atom stereocenters. The molecule has 0 spiro atoms. The van der Waals surface area contributed by atoms with Crippen LogP contribution < -0.4 is 10.6 Å². The van der Waals surface area contributed by atoms with E-state index in [-0.39, 0.29) is 11.8 Å². The van der Waals surface area contributed by atoms with Crippen LogP contribution in [0.25, 0.3) is 0 Å². The van der Waals surface area contributed by atoms with E-state index in [1.165, 1.54) is 0 Å². The van der Waals surface area contributed by atoms with E-state index < -0.39 is 5.82 Å². The van der Waals surface area contributed by atoms with Gasteiger partial charge in [0.15, 0.2) is 5.82 Å². The minimum atomic E-state index is -0.693. The molecular weight excluding hydrogens is 221 g/mol. The summed E-state index contributed by atoms with van der Waals surface area (Å²) >= 11 is 1.62. The summed E-state index contributed by atoms with van der Waals surface area (Å²) in [5.74, 6) is 4.67. The van der Waals surface area contributed by atoms with Gasteiger partial charge in [0.05, 0.1) is 6.20 Å². The van der Waals surface area contributed by atoms with Crippen molar-refractivity contribution in [1.29, 1.82) is 0 Å². The van der Waals surface area contributed by atoms with Crippen molar-refractivity contribution in [2.75, 3.05) is 18.6 Å². The second-order valence-corrected chi connectivity index (χ2v) is 3.37. The van der Waals surface area contributed by atoms with Crippen LogP contribution in [0.15, 0.2) is 16.5 Å². The van der Waals surface area contributed by atoms with Gasteiger partial charge < -0.3 is 10.6 Å². The van der Waals surface area contributed by atoms with Gasteiger partial charge in [-0.05, 0) is 6.26 Å². The second-order valence-electron chi connectivity index (χ2n) is 2.38. The zero-order valence-corrected chi connectivity index (χ0v) is 8.87. The van der Waals surface area contributed by atoms with Crippen molar-refractivity contribution in [2.45, 2.75) is 0 Å². The Kier molecular flexibility index (Phi) is 4.75. The first-order valence-corrected chi connectivity index (χ1v) is 5.42. The minimum absolute atomic E-state index is 0.0628. The fourth-order valence-corrected chi connectivity index (χ4v) is 1.00. The highest BCUT2D eigenvalue weighted by atomic mass is 32.2. The minimum Gasteiger partial charge on any atom is -0.463 e. The molecule has 0 aromatic carbocycles. The average Bonchev–Trinajstić information content (AvgIpc) is 2.23. The summed E-state index contributed by atoms with van der Waals surface area (Å²) in [6.07, 6.45) is 2.91. The number of hydrogen-bond acceptors (Lipinski definition) is 6. The maximum Gasteiger partial charge on any atom is 0.318 e. The summed E-state index contributed by atoms with van der Waals surface area (Å²) in [5.41, 5.74) is 0. The normalized spacial score (nSPS) is 10.8. The van der Waals surface area contributed by atoms with Gasteiger partial charge in [-0.15, -0.1) is 5.11 Å². The largest absolute Gasteiger partial charge is 0.463 e. The lowest BCUT2D eigenvalue weighted by atomic mass is 10.6. The van der Waals surface area contributed by atoms with Crippen molar-refractivity contribution >= 4 is 17.6 Å². The van der Waals surface area contributed by atoms with Crippen molar-refractivity contribution in [3.63, 3.8) is 0 Å². The summed E-state index contributed by atoms with van der Waals surface area (Å²) < 4.78 is 18.1. The van der Waals surface area contributed by atoms with E-state index in [9.17, 15) is 4.39 Å². The predicted octanol–water partition coefficient (Wildman–Crippen LogP) is 1.31. The molecule has 0 bridgehead atoms. The maximum absolute atomic E-state index is 13.0. The van der Waals surface area contributed by atoms with E-state index in [1.807, 2.05) is 6.26 Å². The van der Waals surface area contributed by atoms with Gasteiger partial charge in [-0.3, -0.25) is 0 Å². The molecule has 1 heterocycles. The van der Waals surface area contributed by atoms with E-state index >= 15 is 0 Å². The lowest BCUT2D eigenvalue weighted by Gasteiger charge is -2.02. The Labute approximate surface area is 90.1 Å². The molecule has 6 nitrogen and oxygen atoms in total. The standard InChI is InChI=1S/C7H10FN5OS/c1-15-3-2-14-7-10-4-5(8)6(11-7)12-13-9/h4H,2-3H2,1H3,(H2,9,10,11,12). The number of ether oxygens (including phenoxy) is 1. The Morgan fingerprint density at radius 1 is 1.67 bits per heavy atom. The summed E-state index contributed by atoms with van der Waals surface area (Å²) in [5, 5.41) is 6.23. The number of thioether (sulfide) groups is 1. The molecule has 0 amide bonds. The third kappa shape index (κ3) is 3.66. The summed E-state index contributed by atoms with van der Waals surface area (Å²) in [4.78, 5) is 7.31. The third-order valence-electron chi connectivity index (χ3n) is 1.37. The topological polar surface area (TPSA) is 85.8 Å². The van der Waals surface area contributed by atoms with Crippen molar-refractivity contribution in [1.82, 2.24) is 9.97 Å². The molecule has 0 aliphatic carbocycles. The first-order valence-electron chi connectivity index (χ1n) is 4.03. The summed E-state index contributed by atoms with van der Waals surface area (Å²) in [7, 11) is 0. The highest BCUT2D eigenvalue weighted by molar-refractivity contribution is 7.98. The van der Waals surface area contributed by atoms with Gasteiger partial charge in [0.1, 0.15) is 6.61 Å². The molecule has 0 aliphatic heterocycles. The van der Waals surface area contributed by atoms with E-state index in [2.05, 4.69) is 20.3 Å². The number of nitrogens with zero attached hydrogens (tertiary/aromatic N) is 4. The number of hydrogen-bond donors (Lipinski definition) is 1. The lowest BCUT2D eigenvalue weighted by Crippen LogP contribution is -2.03. The van der Waals surface area contributed by atoms with Crippen molar-refractivity contribution in [3.8, 4) is 6.01 Å². The van der Waals surface area contributed by atoms with Crippen LogP contribution in [0.5, 0.6) is 6.01 Å². The fraction of sp³-hybridized carbons (Fsp3) is 0.429. The Bertz CT molecular complexity index is 348. The summed E-state index contributed by atoms with van der Waals surface area (Å²) in [6, 6.07) is 0.0628. The highest BCUT2D eigenvalue weighted by Crippen LogP contribution is 2.16. The molecule has 8 heteroatoms. The Balaban J connectivity index is 2.69.